The molecule has 0 aliphatic rings. The van der Waals surface area contributed by atoms with Crippen molar-refractivity contribution in [2.75, 3.05) is 0 Å². The lowest BCUT2D eigenvalue weighted by Gasteiger charge is -2.04. The van der Waals surface area contributed by atoms with Crippen molar-refractivity contribution in [3.63, 3.8) is 0 Å². The quantitative estimate of drug-likeness (QED) is 0.928. The van der Waals surface area contributed by atoms with Crippen LogP contribution in [0.15, 0.2) is 21.1 Å². The highest BCUT2D eigenvalue weighted by molar-refractivity contribution is 9.10. The smallest absolute Gasteiger partial charge is 0.229 e. The molecule has 0 saturated carbocycles. The first kappa shape index (κ1) is 14.7. The third-order valence-electron chi connectivity index (χ3n) is 2.90. The van der Waals surface area contributed by atoms with Crippen molar-refractivity contribution in [1.82, 2.24) is 10.1 Å². The van der Waals surface area contributed by atoms with Crippen LogP contribution in [0.1, 0.15) is 23.4 Å². The van der Waals surface area contributed by atoms with Crippen LogP contribution in [-0.4, -0.2) is 21.4 Å². The predicted octanol–water partition coefficient (Wildman–Crippen LogP) is 2.93. The average molecular weight is 336 g/mol. The summed E-state index contributed by atoms with van der Waals surface area (Å²) in [7, 11) is 0. The van der Waals surface area contributed by atoms with Crippen molar-refractivity contribution in [3.8, 4) is 17.5 Å². The van der Waals surface area contributed by atoms with E-state index in [0.717, 1.165) is 21.2 Å². The first-order chi connectivity index (χ1) is 9.51. The van der Waals surface area contributed by atoms with Gasteiger partial charge in [0.1, 0.15) is 0 Å². The molecule has 1 N–H and O–H groups in total. The van der Waals surface area contributed by atoms with Crippen LogP contribution in [0.4, 0.5) is 0 Å². The molecular weight excluding hydrogens is 322 g/mol. The molecule has 104 valence electrons. The Balaban J connectivity index is 2.23. The zero-order valence-electron chi connectivity index (χ0n) is 11.2. The Morgan fingerprint density at radius 1 is 1.40 bits per heavy atom. The number of aromatic nitrogens is 2. The Hall–Kier alpha value is -1.71. The molecule has 20 heavy (non-hydrogen) atoms. The van der Waals surface area contributed by atoms with Gasteiger partial charge < -0.3 is 9.63 Å². The molecule has 0 bridgehead atoms. The summed E-state index contributed by atoms with van der Waals surface area (Å²) >= 11 is 3.51. The van der Waals surface area contributed by atoms with E-state index in [1.807, 2.05) is 32.0 Å². The molecule has 2 rings (SSSR count). The number of aryl methyl sites for hydroxylation is 2. The van der Waals surface area contributed by atoms with Crippen LogP contribution in [0.2, 0.25) is 0 Å². The highest BCUT2D eigenvalue weighted by Gasteiger charge is 2.14. The summed E-state index contributed by atoms with van der Waals surface area (Å²) in [5.74, 6) is 0.823. The van der Waals surface area contributed by atoms with E-state index in [-0.39, 0.29) is 12.8 Å². The maximum Gasteiger partial charge on any atom is 0.229 e. The number of benzene rings is 1. The summed E-state index contributed by atoms with van der Waals surface area (Å²) in [5, 5.41) is 22.0. The average Bonchev–Trinajstić information content (AvgIpc) is 2.84. The molecule has 6 heteroatoms. The van der Waals surface area contributed by atoms with Crippen LogP contribution in [0.5, 0.6) is 0 Å². The van der Waals surface area contributed by atoms with Gasteiger partial charge in [-0.25, -0.2) is 0 Å². The third kappa shape index (κ3) is 3.24. The first-order valence-electron chi connectivity index (χ1n) is 6.16. The molecule has 0 saturated heterocycles. The number of nitrogens with zero attached hydrogens (tertiary/aromatic N) is 3. The van der Waals surface area contributed by atoms with E-state index in [1.54, 1.807) is 0 Å². The van der Waals surface area contributed by atoms with E-state index < -0.39 is 6.10 Å². The van der Waals surface area contributed by atoms with E-state index in [0.29, 0.717) is 11.7 Å². The lowest BCUT2D eigenvalue weighted by atomic mass is 10.1. The van der Waals surface area contributed by atoms with Crippen LogP contribution in [0.3, 0.4) is 0 Å². The second-order valence-corrected chi connectivity index (χ2v) is 5.45. The van der Waals surface area contributed by atoms with Gasteiger partial charge in [-0.2, -0.15) is 10.2 Å². The van der Waals surface area contributed by atoms with Gasteiger partial charge in [-0.05, 0) is 37.1 Å². The zero-order chi connectivity index (χ0) is 14.7. The van der Waals surface area contributed by atoms with Gasteiger partial charge >= 0.3 is 0 Å². The number of hydrogen-bond donors (Lipinski definition) is 1. The third-order valence-corrected chi connectivity index (χ3v) is 4.15. The van der Waals surface area contributed by atoms with Gasteiger partial charge in [0.15, 0.2) is 0 Å². The lowest BCUT2D eigenvalue weighted by Crippen LogP contribution is -2.09. The summed E-state index contributed by atoms with van der Waals surface area (Å²) < 4.78 is 6.17. The summed E-state index contributed by atoms with van der Waals surface area (Å²) in [6, 6.07) is 5.84. The topological polar surface area (TPSA) is 82.9 Å². The summed E-state index contributed by atoms with van der Waals surface area (Å²) in [5.41, 5.74) is 3.06. The molecule has 0 fully saturated rings. The minimum atomic E-state index is -0.776. The predicted molar refractivity (Wildman–Crippen MR) is 76.8 cm³/mol. The fourth-order valence-corrected chi connectivity index (χ4v) is 2.14. The maximum absolute atomic E-state index is 9.55. The van der Waals surface area contributed by atoms with Crippen LogP contribution in [0.25, 0.3) is 11.4 Å². The number of aliphatic hydroxyl groups excluding tert-OH is 1. The summed E-state index contributed by atoms with van der Waals surface area (Å²) in [4.78, 5) is 4.25. The van der Waals surface area contributed by atoms with Crippen molar-refractivity contribution in [1.29, 1.82) is 5.26 Å². The Morgan fingerprint density at radius 2 is 2.05 bits per heavy atom. The molecule has 1 aromatic heterocycles. The zero-order valence-corrected chi connectivity index (χ0v) is 12.8. The van der Waals surface area contributed by atoms with Crippen molar-refractivity contribution in [2.24, 2.45) is 0 Å². The fraction of sp³-hybridized carbons (Fsp3) is 0.357. The molecular formula is C14H14BrN3O2. The number of halogens is 1. The Kier molecular flexibility index (Phi) is 4.53. The van der Waals surface area contributed by atoms with E-state index >= 15 is 0 Å². The van der Waals surface area contributed by atoms with Crippen LogP contribution in [0, 0.1) is 25.2 Å². The molecule has 1 aromatic carbocycles. The van der Waals surface area contributed by atoms with Crippen molar-refractivity contribution in [3.05, 3.63) is 33.6 Å². The number of rotatable bonds is 4. The van der Waals surface area contributed by atoms with Crippen molar-refractivity contribution >= 4 is 15.9 Å². The molecule has 5 nitrogen and oxygen atoms in total. The first-order valence-corrected chi connectivity index (χ1v) is 6.95. The molecule has 1 atom stereocenters. The van der Waals surface area contributed by atoms with Crippen LogP contribution < -0.4 is 0 Å². The minimum Gasteiger partial charge on any atom is -0.392 e. The molecule has 2 aromatic rings. The van der Waals surface area contributed by atoms with Crippen LogP contribution >= 0.6 is 15.9 Å². The van der Waals surface area contributed by atoms with Crippen LogP contribution in [-0.2, 0) is 6.42 Å². The maximum atomic E-state index is 9.55. The number of hydrogen-bond acceptors (Lipinski definition) is 5. The summed E-state index contributed by atoms with van der Waals surface area (Å²) in [6.45, 7) is 4.00. The van der Waals surface area contributed by atoms with Gasteiger partial charge in [-0.1, -0.05) is 21.1 Å². The van der Waals surface area contributed by atoms with Gasteiger partial charge in [0.25, 0.3) is 0 Å². The molecule has 1 heterocycles. The van der Waals surface area contributed by atoms with E-state index in [2.05, 4.69) is 26.1 Å². The van der Waals surface area contributed by atoms with Gasteiger partial charge in [0, 0.05) is 10.0 Å². The molecule has 0 radical (unpaired) electrons. The Labute approximate surface area is 125 Å². The highest BCUT2D eigenvalue weighted by atomic mass is 79.9. The standard InChI is InChI=1S/C14H14BrN3O2/c1-8-5-10(6-9(2)13(8)15)14-17-12(20-18-14)7-11(19)3-4-16/h5-6,11,19H,3,7H2,1-2H3. The van der Waals surface area contributed by atoms with Crippen molar-refractivity contribution in [2.45, 2.75) is 32.8 Å². The van der Waals surface area contributed by atoms with E-state index in [4.69, 9.17) is 9.78 Å². The molecule has 0 aliphatic heterocycles. The second kappa shape index (κ2) is 6.16. The Bertz CT molecular complexity index is 638. The second-order valence-electron chi connectivity index (χ2n) is 4.66. The Morgan fingerprint density at radius 3 is 2.65 bits per heavy atom. The lowest BCUT2D eigenvalue weighted by molar-refractivity contribution is 0.167. The number of aliphatic hydroxyl groups is 1. The minimum absolute atomic E-state index is 0.0498. The number of nitriles is 1. The largest absolute Gasteiger partial charge is 0.392 e. The molecule has 1 unspecified atom stereocenters. The van der Waals surface area contributed by atoms with Gasteiger partial charge in [-0.3, -0.25) is 0 Å². The van der Waals surface area contributed by atoms with Gasteiger partial charge in [0.05, 0.1) is 25.0 Å². The van der Waals surface area contributed by atoms with Gasteiger partial charge in [-0.15, -0.1) is 0 Å². The molecule has 0 spiro atoms. The fourth-order valence-electron chi connectivity index (χ4n) is 1.91. The molecule has 0 amide bonds. The monoisotopic (exact) mass is 335 g/mol. The van der Waals surface area contributed by atoms with E-state index in [1.165, 1.54) is 0 Å². The summed E-state index contributed by atoms with van der Waals surface area (Å²) in [6.07, 6.45) is -0.537. The van der Waals surface area contributed by atoms with Gasteiger partial charge in [0.2, 0.25) is 11.7 Å². The normalized spacial score (nSPS) is 12.2. The molecule has 0 aliphatic carbocycles. The van der Waals surface area contributed by atoms with E-state index in [9.17, 15) is 5.11 Å². The van der Waals surface area contributed by atoms with Crippen molar-refractivity contribution < 1.29 is 9.63 Å². The SMILES string of the molecule is Cc1cc(-c2noc(CC(O)CC#N)n2)cc(C)c1Br. The highest BCUT2D eigenvalue weighted by Crippen LogP contribution is 2.27.